The minimum Gasteiger partial charge on any atom is -0.206 e. The fourth-order valence-corrected chi connectivity index (χ4v) is 11.2. The van der Waals surface area contributed by atoms with Gasteiger partial charge in [-0.25, -0.2) is 17.6 Å². The van der Waals surface area contributed by atoms with Gasteiger partial charge < -0.3 is 0 Å². The smallest absolute Gasteiger partial charge is 0.179 e. The lowest BCUT2D eigenvalue weighted by Crippen LogP contribution is -2.74. The zero-order valence-electron chi connectivity index (χ0n) is 25.2. The highest BCUT2D eigenvalue weighted by molar-refractivity contribution is 7.19. The molecule has 7 rings (SSSR count). The van der Waals surface area contributed by atoms with Crippen LogP contribution < -0.4 is 20.7 Å². The molecule has 0 saturated carbocycles. The summed E-state index contributed by atoms with van der Waals surface area (Å²) in [6.07, 6.45) is 0. The van der Waals surface area contributed by atoms with Crippen LogP contribution in [-0.2, 0) is 0 Å². The van der Waals surface area contributed by atoms with Gasteiger partial charge in [-0.3, -0.25) is 0 Å². The largest absolute Gasteiger partial charge is 0.206 e. The van der Waals surface area contributed by atoms with Crippen LogP contribution in [0.3, 0.4) is 0 Å². The minimum atomic E-state index is -3.10. The van der Waals surface area contributed by atoms with E-state index in [1.54, 1.807) is 24.3 Å². The molecule has 5 heteroatoms. The van der Waals surface area contributed by atoms with Gasteiger partial charge >= 0.3 is 0 Å². The molecule has 0 amide bonds. The van der Waals surface area contributed by atoms with Crippen molar-refractivity contribution in [2.24, 2.45) is 0 Å². The summed E-state index contributed by atoms with van der Waals surface area (Å²) < 4.78 is 59.2. The van der Waals surface area contributed by atoms with Crippen molar-refractivity contribution in [2.45, 2.75) is 0 Å². The van der Waals surface area contributed by atoms with Crippen molar-refractivity contribution in [1.82, 2.24) is 0 Å². The highest BCUT2D eigenvalue weighted by atomic mass is 28.3. The molecular weight excluding hydrogens is 609 g/mol. The van der Waals surface area contributed by atoms with E-state index in [4.69, 9.17) is 0 Å². The first-order chi connectivity index (χ1) is 23.0. The van der Waals surface area contributed by atoms with Crippen molar-refractivity contribution in [2.75, 3.05) is 0 Å². The van der Waals surface area contributed by atoms with Gasteiger partial charge in [0.05, 0.1) is 11.1 Å². The van der Waals surface area contributed by atoms with Crippen LogP contribution in [0.1, 0.15) is 0 Å². The van der Waals surface area contributed by atoms with Crippen molar-refractivity contribution in [3.8, 4) is 33.4 Å². The highest BCUT2D eigenvalue weighted by Crippen LogP contribution is 2.28. The maximum Gasteiger partial charge on any atom is 0.179 e. The van der Waals surface area contributed by atoms with Gasteiger partial charge in [0.25, 0.3) is 0 Å². The van der Waals surface area contributed by atoms with Crippen molar-refractivity contribution in [3.05, 3.63) is 193 Å². The second-order valence-electron chi connectivity index (χ2n) is 11.4. The van der Waals surface area contributed by atoms with Gasteiger partial charge in [0.1, 0.15) is 23.3 Å². The quantitative estimate of drug-likeness (QED) is 0.0934. The van der Waals surface area contributed by atoms with Crippen molar-refractivity contribution in [3.63, 3.8) is 0 Å². The van der Waals surface area contributed by atoms with E-state index in [0.717, 1.165) is 31.9 Å². The van der Waals surface area contributed by atoms with Crippen molar-refractivity contribution < 1.29 is 17.6 Å². The molecule has 0 bridgehead atoms. The summed E-state index contributed by atoms with van der Waals surface area (Å²) in [6.45, 7) is 0. The third kappa shape index (κ3) is 5.49. The van der Waals surface area contributed by atoms with E-state index in [2.05, 4.69) is 48.5 Å². The van der Waals surface area contributed by atoms with Crippen molar-refractivity contribution in [1.29, 1.82) is 0 Å². The van der Waals surface area contributed by atoms with Gasteiger partial charge in [-0.05, 0) is 67.3 Å². The molecule has 0 radical (unpaired) electrons. The van der Waals surface area contributed by atoms with Crippen LogP contribution in [0, 0.1) is 23.3 Å². The lowest BCUT2D eigenvalue weighted by molar-refractivity contribution is 0.589. The summed E-state index contributed by atoms with van der Waals surface area (Å²) in [5.74, 6) is -2.51. The van der Waals surface area contributed by atoms with Gasteiger partial charge in [0, 0.05) is 0 Å². The molecule has 0 aliphatic carbocycles. The summed E-state index contributed by atoms with van der Waals surface area (Å²) in [4.78, 5) is 0. The van der Waals surface area contributed by atoms with Gasteiger partial charge in [-0.1, -0.05) is 146 Å². The molecule has 47 heavy (non-hydrogen) atoms. The highest BCUT2D eigenvalue weighted by Gasteiger charge is 2.41. The van der Waals surface area contributed by atoms with Crippen LogP contribution in [0.25, 0.3) is 33.4 Å². The zero-order valence-corrected chi connectivity index (χ0v) is 26.2. The van der Waals surface area contributed by atoms with Gasteiger partial charge in [-0.2, -0.15) is 0 Å². The lowest BCUT2D eigenvalue weighted by atomic mass is 10.0. The SMILES string of the molecule is Fc1cccc(F)c1-c1ccc([Si](c2ccccc2)(c2ccc(-c3ccccc3)cc2)c2ccc(-c3c(F)cccc3F)cc2)cc1. The second kappa shape index (κ2) is 12.7. The predicted molar refractivity (Wildman–Crippen MR) is 186 cm³/mol. The van der Waals surface area contributed by atoms with Crippen LogP contribution in [0.2, 0.25) is 0 Å². The van der Waals surface area contributed by atoms with E-state index < -0.39 is 31.3 Å². The molecule has 0 unspecified atom stereocenters. The van der Waals surface area contributed by atoms with E-state index in [1.807, 2.05) is 60.7 Å². The van der Waals surface area contributed by atoms with E-state index in [0.29, 0.717) is 11.1 Å². The Bertz CT molecular complexity index is 2010. The first kappa shape index (κ1) is 30.1. The Labute approximate surface area is 272 Å². The number of benzene rings is 7. The zero-order chi connectivity index (χ0) is 32.4. The Hall–Kier alpha value is -5.52. The Morgan fingerprint density at radius 1 is 0.255 bits per heavy atom. The van der Waals surface area contributed by atoms with Crippen LogP contribution in [0.5, 0.6) is 0 Å². The molecule has 7 aromatic rings. The molecule has 0 saturated heterocycles. The van der Waals surface area contributed by atoms with E-state index in [-0.39, 0.29) is 11.1 Å². The summed E-state index contributed by atoms with van der Waals surface area (Å²) in [5, 5.41) is 4.14. The number of hydrogen-bond donors (Lipinski definition) is 0. The molecule has 0 aliphatic rings. The summed E-state index contributed by atoms with van der Waals surface area (Å²) in [7, 11) is -3.10. The predicted octanol–water partition coefficient (Wildman–Crippen LogP) is 8.62. The fraction of sp³-hybridized carbons (Fsp3) is 0. The topological polar surface area (TPSA) is 0 Å². The molecule has 0 atom stereocenters. The maximum absolute atomic E-state index is 14.8. The van der Waals surface area contributed by atoms with Crippen LogP contribution in [0.15, 0.2) is 170 Å². The summed E-state index contributed by atoms with van der Waals surface area (Å²) in [6, 6.07) is 51.4. The Balaban J connectivity index is 1.46. The van der Waals surface area contributed by atoms with Crippen LogP contribution in [-0.4, -0.2) is 8.07 Å². The standard InChI is InChI=1S/C42H28F4Si/c43-37-13-7-14-38(44)41(37)31-19-25-35(26-20-31)47(33-11-5-2-6-12-33,34-23-17-30(18-24-34)29-9-3-1-4-10-29)36-27-21-32(22-28-36)42-39(45)15-8-16-40(42)46/h1-28H. The fourth-order valence-electron chi connectivity index (χ4n) is 6.55. The molecule has 0 fully saturated rings. The lowest BCUT2D eigenvalue weighted by Gasteiger charge is -2.35. The second-order valence-corrected chi connectivity index (χ2v) is 15.2. The van der Waals surface area contributed by atoms with E-state index in [1.165, 1.54) is 36.4 Å². The first-order valence-corrected chi connectivity index (χ1v) is 17.3. The minimum absolute atomic E-state index is 0.0745. The van der Waals surface area contributed by atoms with Crippen molar-refractivity contribution >= 4 is 28.8 Å². The average Bonchev–Trinajstić information content (AvgIpc) is 3.11. The molecule has 0 aromatic heterocycles. The number of rotatable bonds is 7. The monoisotopic (exact) mass is 636 g/mol. The van der Waals surface area contributed by atoms with Gasteiger partial charge in [0.2, 0.25) is 0 Å². The third-order valence-corrected chi connectivity index (χ3v) is 13.6. The molecule has 228 valence electrons. The first-order valence-electron chi connectivity index (χ1n) is 15.3. The van der Waals surface area contributed by atoms with E-state index in [9.17, 15) is 17.6 Å². The molecule has 0 aliphatic heterocycles. The summed E-state index contributed by atoms with van der Waals surface area (Å²) in [5.41, 5.74) is 2.89. The van der Waals surface area contributed by atoms with Gasteiger partial charge in [-0.15, -0.1) is 0 Å². The van der Waals surface area contributed by atoms with Crippen LogP contribution in [0.4, 0.5) is 17.6 Å². The normalized spacial score (nSPS) is 11.4. The molecule has 0 N–H and O–H groups in total. The molecular formula is C42H28F4Si. The molecule has 7 aromatic carbocycles. The Morgan fingerprint density at radius 2 is 0.553 bits per heavy atom. The Morgan fingerprint density at radius 3 is 0.936 bits per heavy atom. The maximum atomic E-state index is 14.8. The molecule has 0 spiro atoms. The Kier molecular flexibility index (Phi) is 8.15. The average molecular weight is 637 g/mol. The summed E-state index contributed by atoms with van der Waals surface area (Å²) >= 11 is 0. The third-order valence-electron chi connectivity index (χ3n) is 8.77. The molecule has 0 heterocycles. The van der Waals surface area contributed by atoms with Gasteiger partial charge in [0.15, 0.2) is 8.07 Å². The number of hydrogen-bond acceptors (Lipinski definition) is 0. The molecule has 0 nitrogen and oxygen atoms in total. The van der Waals surface area contributed by atoms with E-state index >= 15 is 0 Å². The van der Waals surface area contributed by atoms with Crippen LogP contribution >= 0.6 is 0 Å². The number of halogens is 4.